The first-order chi connectivity index (χ1) is 11.5. The fourth-order valence-electron chi connectivity index (χ4n) is 2.50. The van der Waals surface area contributed by atoms with Crippen molar-refractivity contribution in [2.75, 3.05) is 14.2 Å². The SMILES string of the molecule is COc1c(OC)c(O)c2c(=O)c(O)c(-c3ccccc3)oc2c1O. The molecule has 0 aliphatic carbocycles. The Kier molecular flexibility index (Phi) is 3.69. The molecule has 2 aromatic carbocycles. The standard InChI is InChI=1S/C17H14O7/c1-22-16-11(19)9-10(18)12(20)14(8-6-4-3-5-7-8)24-15(9)13(21)17(16)23-2/h3-7,19-21H,1-2H3. The van der Waals surface area contributed by atoms with Crippen molar-refractivity contribution in [2.45, 2.75) is 0 Å². The number of phenolic OH excluding ortho intramolecular Hbond substituents is 2. The molecule has 0 fully saturated rings. The van der Waals surface area contributed by atoms with Crippen LogP contribution in [0.5, 0.6) is 28.7 Å². The normalized spacial score (nSPS) is 10.8. The van der Waals surface area contributed by atoms with E-state index in [0.717, 1.165) is 0 Å². The third kappa shape index (κ3) is 2.10. The molecule has 3 rings (SSSR count). The molecule has 0 radical (unpaired) electrons. The molecular formula is C17H14O7. The Morgan fingerprint density at radius 2 is 1.46 bits per heavy atom. The number of hydrogen-bond acceptors (Lipinski definition) is 7. The van der Waals surface area contributed by atoms with E-state index in [4.69, 9.17) is 13.9 Å². The van der Waals surface area contributed by atoms with Gasteiger partial charge in [0.1, 0.15) is 5.39 Å². The predicted molar refractivity (Wildman–Crippen MR) is 86.0 cm³/mol. The zero-order valence-corrected chi connectivity index (χ0v) is 12.9. The van der Waals surface area contributed by atoms with Crippen LogP contribution in [0.15, 0.2) is 39.5 Å². The van der Waals surface area contributed by atoms with E-state index in [0.29, 0.717) is 5.56 Å². The van der Waals surface area contributed by atoms with E-state index in [1.54, 1.807) is 30.3 Å². The van der Waals surface area contributed by atoms with Crippen LogP contribution < -0.4 is 14.9 Å². The van der Waals surface area contributed by atoms with Crippen LogP contribution in [0.25, 0.3) is 22.3 Å². The molecule has 124 valence electrons. The van der Waals surface area contributed by atoms with Crippen LogP contribution in [0, 0.1) is 0 Å². The number of aromatic hydroxyl groups is 3. The summed E-state index contributed by atoms with van der Waals surface area (Å²) in [6.45, 7) is 0. The van der Waals surface area contributed by atoms with Gasteiger partial charge in [-0.25, -0.2) is 0 Å². The minimum Gasteiger partial charge on any atom is -0.504 e. The second-order valence-electron chi connectivity index (χ2n) is 4.94. The van der Waals surface area contributed by atoms with Gasteiger partial charge in [-0.15, -0.1) is 0 Å². The molecule has 24 heavy (non-hydrogen) atoms. The molecule has 1 heterocycles. The second-order valence-corrected chi connectivity index (χ2v) is 4.94. The lowest BCUT2D eigenvalue weighted by atomic mass is 10.1. The van der Waals surface area contributed by atoms with Gasteiger partial charge >= 0.3 is 0 Å². The second kappa shape index (κ2) is 5.69. The van der Waals surface area contributed by atoms with Gasteiger partial charge < -0.3 is 29.2 Å². The van der Waals surface area contributed by atoms with E-state index < -0.39 is 28.1 Å². The number of methoxy groups -OCH3 is 2. The number of hydrogen-bond donors (Lipinski definition) is 3. The number of ether oxygens (including phenoxy) is 2. The summed E-state index contributed by atoms with van der Waals surface area (Å²) in [4.78, 5) is 12.5. The summed E-state index contributed by atoms with van der Waals surface area (Å²) in [5, 5.41) is 30.4. The van der Waals surface area contributed by atoms with Crippen molar-refractivity contribution < 1.29 is 29.2 Å². The Balaban J connectivity index is 2.49. The molecule has 0 aliphatic heterocycles. The molecule has 0 saturated carbocycles. The van der Waals surface area contributed by atoms with Crippen LogP contribution in [0.4, 0.5) is 0 Å². The van der Waals surface area contributed by atoms with Gasteiger partial charge in [0.2, 0.25) is 28.4 Å². The van der Waals surface area contributed by atoms with E-state index in [1.807, 2.05) is 0 Å². The average molecular weight is 330 g/mol. The van der Waals surface area contributed by atoms with Crippen molar-refractivity contribution in [2.24, 2.45) is 0 Å². The topological polar surface area (TPSA) is 109 Å². The highest BCUT2D eigenvalue weighted by molar-refractivity contribution is 5.96. The molecule has 0 saturated heterocycles. The van der Waals surface area contributed by atoms with Crippen LogP contribution in [0.3, 0.4) is 0 Å². The Labute approximate surface area is 135 Å². The van der Waals surface area contributed by atoms with Gasteiger partial charge in [-0.2, -0.15) is 0 Å². The fraction of sp³-hybridized carbons (Fsp3) is 0.118. The first-order valence-corrected chi connectivity index (χ1v) is 6.92. The van der Waals surface area contributed by atoms with Crippen molar-refractivity contribution >= 4 is 11.0 Å². The van der Waals surface area contributed by atoms with Crippen LogP contribution in [0.1, 0.15) is 0 Å². The summed E-state index contributed by atoms with van der Waals surface area (Å²) < 4.78 is 15.5. The van der Waals surface area contributed by atoms with Crippen LogP contribution >= 0.6 is 0 Å². The number of phenols is 2. The number of rotatable bonds is 3. The number of benzene rings is 2. The first-order valence-electron chi connectivity index (χ1n) is 6.92. The Bertz CT molecular complexity index is 974. The summed E-state index contributed by atoms with van der Waals surface area (Å²) in [5.41, 5.74) is -0.779. The maximum atomic E-state index is 12.5. The predicted octanol–water partition coefficient (Wildman–Crippen LogP) is 2.59. The van der Waals surface area contributed by atoms with Crippen LogP contribution in [-0.2, 0) is 0 Å². The van der Waals surface area contributed by atoms with Gasteiger partial charge in [0, 0.05) is 5.56 Å². The minimum atomic E-state index is -0.899. The molecule has 0 atom stereocenters. The molecular weight excluding hydrogens is 316 g/mol. The van der Waals surface area contributed by atoms with E-state index in [-0.39, 0.29) is 22.8 Å². The molecule has 7 heteroatoms. The monoisotopic (exact) mass is 330 g/mol. The fourth-order valence-corrected chi connectivity index (χ4v) is 2.50. The highest BCUT2D eigenvalue weighted by Gasteiger charge is 2.27. The largest absolute Gasteiger partial charge is 0.504 e. The summed E-state index contributed by atoms with van der Waals surface area (Å²) in [5.74, 6) is -2.34. The third-order valence-electron chi connectivity index (χ3n) is 3.62. The Hall–Kier alpha value is -3.35. The van der Waals surface area contributed by atoms with Crippen molar-refractivity contribution in [3.63, 3.8) is 0 Å². The molecule has 0 unspecified atom stereocenters. The molecule has 0 amide bonds. The van der Waals surface area contributed by atoms with Crippen LogP contribution in [-0.4, -0.2) is 29.5 Å². The van der Waals surface area contributed by atoms with Gasteiger partial charge in [0.15, 0.2) is 17.1 Å². The van der Waals surface area contributed by atoms with Crippen molar-refractivity contribution in [3.05, 3.63) is 40.6 Å². The minimum absolute atomic E-state index is 0.130. The van der Waals surface area contributed by atoms with Gasteiger partial charge in [-0.1, -0.05) is 30.3 Å². The molecule has 0 aliphatic rings. The first kappa shape index (κ1) is 15.5. The lowest BCUT2D eigenvalue weighted by Gasteiger charge is -2.14. The zero-order chi connectivity index (χ0) is 17.4. The van der Waals surface area contributed by atoms with Gasteiger partial charge in [-0.05, 0) is 0 Å². The molecule has 3 N–H and O–H groups in total. The lowest BCUT2D eigenvalue weighted by molar-refractivity contribution is 0.317. The lowest BCUT2D eigenvalue weighted by Crippen LogP contribution is -2.05. The average Bonchev–Trinajstić information content (AvgIpc) is 2.60. The molecule has 3 aromatic rings. The van der Waals surface area contributed by atoms with Crippen molar-refractivity contribution in [1.29, 1.82) is 0 Å². The quantitative estimate of drug-likeness (QED) is 0.633. The summed E-state index contributed by atoms with van der Waals surface area (Å²) >= 11 is 0. The molecule has 7 nitrogen and oxygen atoms in total. The summed E-state index contributed by atoms with van der Waals surface area (Å²) in [6, 6.07) is 8.41. The van der Waals surface area contributed by atoms with Crippen molar-refractivity contribution in [1.82, 2.24) is 0 Å². The van der Waals surface area contributed by atoms with Crippen LogP contribution in [0.2, 0.25) is 0 Å². The highest BCUT2D eigenvalue weighted by atomic mass is 16.5. The van der Waals surface area contributed by atoms with Crippen molar-refractivity contribution in [3.8, 4) is 40.1 Å². The highest BCUT2D eigenvalue weighted by Crippen LogP contribution is 2.50. The zero-order valence-electron chi connectivity index (χ0n) is 12.9. The van der Waals surface area contributed by atoms with E-state index >= 15 is 0 Å². The van der Waals surface area contributed by atoms with Gasteiger partial charge in [0.25, 0.3) is 0 Å². The maximum absolute atomic E-state index is 12.5. The molecule has 0 spiro atoms. The maximum Gasteiger partial charge on any atom is 0.239 e. The molecule has 0 bridgehead atoms. The van der Waals surface area contributed by atoms with E-state index in [9.17, 15) is 20.1 Å². The summed E-state index contributed by atoms with van der Waals surface area (Å²) in [7, 11) is 2.50. The number of fused-ring (bicyclic) bond motifs is 1. The smallest absolute Gasteiger partial charge is 0.239 e. The Morgan fingerprint density at radius 3 is 2.04 bits per heavy atom. The van der Waals surface area contributed by atoms with E-state index in [2.05, 4.69) is 0 Å². The third-order valence-corrected chi connectivity index (χ3v) is 3.62. The van der Waals surface area contributed by atoms with E-state index in [1.165, 1.54) is 14.2 Å². The van der Waals surface area contributed by atoms with Gasteiger partial charge in [0.05, 0.1) is 14.2 Å². The summed E-state index contributed by atoms with van der Waals surface area (Å²) in [6.07, 6.45) is 0. The van der Waals surface area contributed by atoms with Gasteiger partial charge in [-0.3, -0.25) is 4.79 Å². The Morgan fingerprint density at radius 1 is 0.875 bits per heavy atom. The molecule has 1 aromatic heterocycles.